The molecule has 0 aliphatic carbocycles. The normalized spacial score (nSPS) is 11.9. The lowest BCUT2D eigenvalue weighted by Gasteiger charge is -2.14. The summed E-state index contributed by atoms with van der Waals surface area (Å²) in [4.78, 5) is 22.7. The Morgan fingerprint density at radius 2 is 2.05 bits per heavy atom. The highest BCUT2D eigenvalue weighted by atomic mass is 19.1. The monoisotopic (exact) mass is 281 g/mol. The van der Waals surface area contributed by atoms with Crippen LogP contribution in [0.2, 0.25) is 0 Å². The van der Waals surface area contributed by atoms with E-state index in [1.54, 1.807) is 0 Å². The molecule has 0 saturated heterocycles. The predicted octanol–water partition coefficient (Wildman–Crippen LogP) is 3.68. The first kappa shape index (κ1) is 16.1. The minimum atomic E-state index is -1.32. The Morgan fingerprint density at radius 3 is 2.55 bits per heavy atom. The van der Waals surface area contributed by atoms with Gasteiger partial charge in [0.1, 0.15) is 5.82 Å². The first-order chi connectivity index (χ1) is 9.49. The van der Waals surface area contributed by atoms with Gasteiger partial charge in [0, 0.05) is 11.6 Å². The van der Waals surface area contributed by atoms with E-state index in [0.29, 0.717) is 0 Å². The molecule has 0 aromatic heterocycles. The Bertz CT molecular complexity index is 488. The molecule has 1 aromatic rings. The molecule has 2 N–H and O–H groups in total. The van der Waals surface area contributed by atoms with Gasteiger partial charge in [0.2, 0.25) is 5.91 Å². The molecule has 110 valence electrons. The third-order valence-corrected chi connectivity index (χ3v) is 3.24. The van der Waals surface area contributed by atoms with Gasteiger partial charge in [-0.2, -0.15) is 0 Å². The van der Waals surface area contributed by atoms with Crippen molar-refractivity contribution < 1.29 is 19.1 Å². The minimum absolute atomic E-state index is 0.0999. The van der Waals surface area contributed by atoms with Crippen molar-refractivity contribution in [1.82, 2.24) is 0 Å². The van der Waals surface area contributed by atoms with Crippen LogP contribution in [0.5, 0.6) is 0 Å². The molecule has 0 bridgehead atoms. The summed E-state index contributed by atoms with van der Waals surface area (Å²) < 4.78 is 13.5. The minimum Gasteiger partial charge on any atom is -0.478 e. The third kappa shape index (κ3) is 4.33. The Balaban J connectivity index is 2.74. The highest BCUT2D eigenvalue weighted by Gasteiger charge is 2.17. The van der Waals surface area contributed by atoms with Crippen molar-refractivity contribution in [3.8, 4) is 0 Å². The summed E-state index contributed by atoms with van der Waals surface area (Å²) >= 11 is 0. The van der Waals surface area contributed by atoms with Crippen LogP contribution in [0.15, 0.2) is 18.2 Å². The van der Waals surface area contributed by atoms with Crippen molar-refractivity contribution in [3.63, 3.8) is 0 Å². The number of halogens is 1. The van der Waals surface area contributed by atoms with E-state index >= 15 is 0 Å². The van der Waals surface area contributed by atoms with Gasteiger partial charge in [0.25, 0.3) is 0 Å². The van der Waals surface area contributed by atoms with E-state index in [2.05, 4.69) is 12.2 Å². The lowest BCUT2D eigenvalue weighted by Crippen LogP contribution is -2.22. The fraction of sp³-hybridized carbons (Fsp3) is 0.467. The van der Waals surface area contributed by atoms with Crippen LogP contribution < -0.4 is 5.32 Å². The summed E-state index contributed by atoms with van der Waals surface area (Å²) in [5.41, 5.74) is -0.117. The molecule has 0 saturated carbocycles. The second kappa shape index (κ2) is 7.62. The molecule has 0 radical (unpaired) electrons. The standard InChI is InChI=1S/C15H20FNO3/c1-3-5-6-10(4-2)14(18)17-11-7-8-12(15(19)20)13(16)9-11/h7-10H,3-6H2,1-2H3,(H,17,18)(H,19,20). The Morgan fingerprint density at radius 1 is 1.35 bits per heavy atom. The molecule has 1 aromatic carbocycles. The summed E-state index contributed by atoms with van der Waals surface area (Å²) in [6.07, 6.45) is 3.51. The number of aromatic carboxylic acids is 1. The van der Waals surface area contributed by atoms with Gasteiger partial charge in [-0.3, -0.25) is 4.79 Å². The van der Waals surface area contributed by atoms with Crippen molar-refractivity contribution in [1.29, 1.82) is 0 Å². The molecule has 1 amide bonds. The summed E-state index contributed by atoms with van der Waals surface area (Å²) in [6.45, 7) is 4.00. The van der Waals surface area contributed by atoms with Gasteiger partial charge in [0.15, 0.2) is 0 Å². The number of amides is 1. The maximum atomic E-state index is 13.5. The molecule has 0 heterocycles. The van der Waals surface area contributed by atoms with E-state index in [-0.39, 0.29) is 17.5 Å². The molecule has 1 rings (SSSR count). The summed E-state index contributed by atoms with van der Waals surface area (Å²) in [7, 11) is 0. The zero-order valence-electron chi connectivity index (χ0n) is 11.8. The number of carbonyl (C=O) groups excluding carboxylic acids is 1. The molecule has 1 atom stereocenters. The fourth-order valence-electron chi connectivity index (χ4n) is 1.98. The van der Waals surface area contributed by atoms with E-state index in [1.165, 1.54) is 6.07 Å². The summed E-state index contributed by atoms with van der Waals surface area (Å²) in [5, 5.41) is 11.4. The summed E-state index contributed by atoms with van der Waals surface area (Å²) in [6, 6.07) is 3.59. The van der Waals surface area contributed by atoms with E-state index < -0.39 is 17.3 Å². The maximum Gasteiger partial charge on any atom is 0.338 e. The van der Waals surface area contributed by atoms with Gasteiger partial charge in [-0.05, 0) is 31.0 Å². The number of carbonyl (C=O) groups is 2. The number of unbranched alkanes of at least 4 members (excludes halogenated alkanes) is 1. The van der Waals surface area contributed by atoms with Crippen LogP contribution in [-0.4, -0.2) is 17.0 Å². The smallest absolute Gasteiger partial charge is 0.338 e. The van der Waals surface area contributed by atoms with Crippen LogP contribution in [0.3, 0.4) is 0 Å². The largest absolute Gasteiger partial charge is 0.478 e. The third-order valence-electron chi connectivity index (χ3n) is 3.24. The second-order valence-electron chi connectivity index (χ2n) is 4.74. The number of hydrogen-bond donors (Lipinski definition) is 2. The second-order valence-corrected chi connectivity index (χ2v) is 4.74. The quantitative estimate of drug-likeness (QED) is 0.801. The number of hydrogen-bond acceptors (Lipinski definition) is 2. The molecule has 5 heteroatoms. The number of rotatable bonds is 7. The lowest BCUT2D eigenvalue weighted by atomic mass is 9.98. The number of anilines is 1. The molecule has 0 fully saturated rings. The zero-order chi connectivity index (χ0) is 15.1. The molecule has 0 aliphatic rings. The molecule has 0 spiro atoms. The molecule has 20 heavy (non-hydrogen) atoms. The van der Waals surface area contributed by atoms with Crippen molar-refractivity contribution in [2.45, 2.75) is 39.5 Å². The highest BCUT2D eigenvalue weighted by Crippen LogP contribution is 2.18. The number of carboxylic acids is 1. The van der Waals surface area contributed by atoms with E-state index in [1.807, 2.05) is 6.92 Å². The topological polar surface area (TPSA) is 66.4 Å². The van der Waals surface area contributed by atoms with Crippen LogP contribution in [0.25, 0.3) is 0 Å². The van der Waals surface area contributed by atoms with Gasteiger partial charge in [-0.15, -0.1) is 0 Å². The van der Waals surface area contributed by atoms with Gasteiger partial charge < -0.3 is 10.4 Å². The molecule has 1 unspecified atom stereocenters. The van der Waals surface area contributed by atoms with Gasteiger partial charge in [0.05, 0.1) is 5.56 Å². The van der Waals surface area contributed by atoms with Crippen LogP contribution in [0.1, 0.15) is 49.9 Å². The average molecular weight is 281 g/mol. The molecular formula is C15H20FNO3. The van der Waals surface area contributed by atoms with Crippen LogP contribution in [0.4, 0.5) is 10.1 Å². The van der Waals surface area contributed by atoms with E-state index in [4.69, 9.17) is 5.11 Å². The number of benzene rings is 1. The van der Waals surface area contributed by atoms with E-state index in [0.717, 1.165) is 37.8 Å². The van der Waals surface area contributed by atoms with Crippen molar-refractivity contribution in [3.05, 3.63) is 29.6 Å². The van der Waals surface area contributed by atoms with Gasteiger partial charge >= 0.3 is 5.97 Å². The van der Waals surface area contributed by atoms with Gasteiger partial charge in [-0.1, -0.05) is 26.7 Å². The molecular weight excluding hydrogens is 261 g/mol. The van der Waals surface area contributed by atoms with Crippen LogP contribution in [0, 0.1) is 11.7 Å². The first-order valence-electron chi connectivity index (χ1n) is 6.83. The maximum absolute atomic E-state index is 13.5. The van der Waals surface area contributed by atoms with Crippen LogP contribution in [-0.2, 0) is 4.79 Å². The van der Waals surface area contributed by atoms with Crippen molar-refractivity contribution >= 4 is 17.6 Å². The first-order valence-corrected chi connectivity index (χ1v) is 6.83. The number of carboxylic acid groups (broad SMARTS) is 1. The Kier molecular flexibility index (Phi) is 6.15. The Hall–Kier alpha value is -1.91. The van der Waals surface area contributed by atoms with Crippen molar-refractivity contribution in [2.24, 2.45) is 5.92 Å². The SMILES string of the molecule is CCCCC(CC)C(=O)Nc1ccc(C(=O)O)c(F)c1. The van der Waals surface area contributed by atoms with Crippen molar-refractivity contribution in [2.75, 3.05) is 5.32 Å². The lowest BCUT2D eigenvalue weighted by molar-refractivity contribution is -0.120. The fourth-order valence-corrected chi connectivity index (χ4v) is 1.98. The van der Waals surface area contributed by atoms with Gasteiger partial charge in [-0.25, -0.2) is 9.18 Å². The van der Waals surface area contributed by atoms with Crippen LogP contribution >= 0.6 is 0 Å². The predicted molar refractivity (Wildman–Crippen MR) is 75.3 cm³/mol. The number of nitrogens with one attached hydrogen (secondary N) is 1. The Labute approximate surface area is 118 Å². The molecule has 0 aliphatic heterocycles. The zero-order valence-corrected chi connectivity index (χ0v) is 11.8. The highest BCUT2D eigenvalue weighted by molar-refractivity contribution is 5.93. The molecule has 4 nitrogen and oxygen atoms in total. The summed E-state index contributed by atoms with van der Waals surface area (Å²) in [5.74, 6) is -2.42. The van der Waals surface area contributed by atoms with E-state index in [9.17, 15) is 14.0 Å². The average Bonchev–Trinajstić information content (AvgIpc) is 2.39.